The van der Waals surface area contributed by atoms with Crippen LogP contribution in [0.3, 0.4) is 0 Å². The van der Waals surface area contributed by atoms with Crippen LogP contribution in [0.2, 0.25) is 0 Å². The van der Waals surface area contributed by atoms with Gasteiger partial charge in [0.1, 0.15) is 6.04 Å². The van der Waals surface area contributed by atoms with Crippen LogP contribution < -0.4 is 0 Å². The number of hydrogen-bond donors (Lipinski definition) is 1. The van der Waals surface area contributed by atoms with Gasteiger partial charge in [0.25, 0.3) is 0 Å². The molecule has 2 aliphatic rings. The zero-order valence-corrected chi connectivity index (χ0v) is 12.3. The molecule has 1 N–H and O–H groups in total. The van der Waals surface area contributed by atoms with Gasteiger partial charge in [-0.3, -0.25) is 9.69 Å². The van der Waals surface area contributed by atoms with E-state index in [0.717, 1.165) is 32.0 Å². The van der Waals surface area contributed by atoms with Crippen LogP contribution in [-0.4, -0.2) is 59.6 Å². The third-order valence-electron chi connectivity index (χ3n) is 4.85. The van der Waals surface area contributed by atoms with Crippen molar-refractivity contribution in [2.24, 2.45) is 11.8 Å². The molecule has 2 heterocycles. The second kappa shape index (κ2) is 6.71. The topological polar surface area (TPSA) is 43.8 Å². The van der Waals surface area contributed by atoms with E-state index < -0.39 is 5.97 Å². The average molecular weight is 268 g/mol. The van der Waals surface area contributed by atoms with E-state index in [1.54, 1.807) is 0 Å². The lowest BCUT2D eigenvalue weighted by atomic mass is 9.93. The third-order valence-corrected chi connectivity index (χ3v) is 4.85. The predicted molar refractivity (Wildman–Crippen MR) is 76.2 cm³/mol. The normalized spacial score (nSPS) is 29.3. The Balaban J connectivity index is 1.79. The van der Waals surface area contributed by atoms with Crippen LogP contribution >= 0.6 is 0 Å². The minimum Gasteiger partial charge on any atom is -0.480 e. The summed E-state index contributed by atoms with van der Waals surface area (Å²) in [6.07, 6.45) is 5.05. The Morgan fingerprint density at radius 1 is 1.26 bits per heavy atom. The van der Waals surface area contributed by atoms with Crippen molar-refractivity contribution in [3.8, 4) is 0 Å². The van der Waals surface area contributed by atoms with Gasteiger partial charge in [-0.05, 0) is 64.1 Å². The predicted octanol–water partition coefficient (Wildman–Crippen LogP) is 1.90. The molecule has 0 unspecified atom stereocenters. The molecule has 0 aromatic carbocycles. The Labute approximate surface area is 116 Å². The molecular formula is C15H28N2O2. The highest BCUT2D eigenvalue weighted by atomic mass is 16.4. The summed E-state index contributed by atoms with van der Waals surface area (Å²) < 4.78 is 0. The summed E-state index contributed by atoms with van der Waals surface area (Å²) in [4.78, 5) is 15.8. The molecule has 2 saturated heterocycles. The molecule has 0 aromatic heterocycles. The maximum Gasteiger partial charge on any atom is 0.320 e. The molecule has 0 saturated carbocycles. The minimum atomic E-state index is -0.688. The molecule has 2 aliphatic heterocycles. The smallest absolute Gasteiger partial charge is 0.320 e. The van der Waals surface area contributed by atoms with Crippen LogP contribution in [0.5, 0.6) is 0 Å². The van der Waals surface area contributed by atoms with Gasteiger partial charge in [0.15, 0.2) is 0 Å². The molecule has 19 heavy (non-hydrogen) atoms. The number of piperidine rings is 2. The molecule has 2 fully saturated rings. The fourth-order valence-electron chi connectivity index (χ4n) is 3.36. The fourth-order valence-corrected chi connectivity index (χ4v) is 3.36. The lowest BCUT2D eigenvalue weighted by molar-refractivity contribution is -0.143. The van der Waals surface area contributed by atoms with E-state index in [2.05, 4.69) is 16.7 Å². The van der Waals surface area contributed by atoms with Crippen molar-refractivity contribution >= 4 is 5.97 Å². The average Bonchev–Trinajstić information content (AvgIpc) is 2.41. The zero-order chi connectivity index (χ0) is 13.8. The quantitative estimate of drug-likeness (QED) is 0.846. The Kier molecular flexibility index (Phi) is 5.22. The van der Waals surface area contributed by atoms with Crippen molar-refractivity contribution in [3.05, 3.63) is 0 Å². The molecule has 0 aromatic rings. The van der Waals surface area contributed by atoms with Gasteiger partial charge in [0, 0.05) is 13.1 Å². The first-order valence-electron chi connectivity index (χ1n) is 7.75. The van der Waals surface area contributed by atoms with Crippen LogP contribution in [0.15, 0.2) is 0 Å². The number of carboxylic acid groups (broad SMARTS) is 1. The summed E-state index contributed by atoms with van der Waals surface area (Å²) in [5.74, 6) is 0.850. The first kappa shape index (κ1) is 14.8. The van der Waals surface area contributed by atoms with E-state index in [9.17, 15) is 4.79 Å². The van der Waals surface area contributed by atoms with Gasteiger partial charge < -0.3 is 10.0 Å². The van der Waals surface area contributed by atoms with Gasteiger partial charge in [-0.1, -0.05) is 6.92 Å². The van der Waals surface area contributed by atoms with Crippen LogP contribution in [0.4, 0.5) is 0 Å². The minimum absolute atomic E-state index is 0.329. The Morgan fingerprint density at radius 3 is 2.58 bits per heavy atom. The largest absolute Gasteiger partial charge is 0.480 e. The summed E-state index contributed by atoms with van der Waals surface area (Å²) in [6.45, 7) is 9.68. The van der Waals surface area contributed by atoms with E-state index >= 15 is 0 Å². The van der Waals surface area contributed by atoms with Gasteiger partial charge in [0.2, 0.25) is 0 Å². The van der Waals surface area contributed by atoms with Crippen LogP contribution in [0, 0.1) is 11.8 Å². The second-order valence-corrected chi connectivity index (χ2v) is 6.50. The number of rotatable bonds is 4. The third kappa shape index (κ3) is 4.18. The highest BCUT2D eigenvalue weighted by molar-refractivity contribution is 5.72. The van der Waals surface area contributed by atoms with Crippen molar-refractivity contribution in [2.75, 3.05) is 32.7 Å². The highest BCUT2D eigenvalue weighted by Gasteiger charge is 2.28. The maximum absolute atomic E-state index is 11.1. The summed E-state index contributed by atoms with van der Waals surface area (Å²) in [5, 5.41) is 9.12. The molecule has 0 bridgehead atoms. The van der Waals surface area contributed by atoms with Crippen LogP contribution in [0.25, 0.3) is 0 Å². The second-order valence-electron chi connectivity index (χ2n) is 6.50. The number of nitrogens with zero attached hydrogens (tertiary/aromatic N) is 2. The Hall–Kier alpha value is -0.610. The van der Waals surface area contributed by atoms with Crippen molar-refractivity contribution in [2.45, 2.75) is 45.6 Å². The molecule has 0 amide bonds. The fraction of sp³-hybridized carbons (Fsp3) is 0.933. The van der Waals surface area contributed by atoms with Gasteiger partial charge in [-0.25, -0.2) is 0 Å². The van der Waals surface area contributed by atoms with E-state index in [4.69, 9.17) is 5.11 Å². The molecular weight excluding hydrogens is 240 g/mol. The Morgan fingerprint density at radius 2 is 1.95 bits per heavy atom. The molecule has 0 aliphatic carbocycles. The SMILES string of the molecule is CC1CCN(C[C@H]2CCCN([C@H](C)C(=O)O)C2)CC1. The molecule has 0 spiro atoms. The van der Waals surface area contributed by atoms with E-state index in [1.165, 1.54) is 32.4 Å². The van der Waals surface area contributed by atoms with E-state index in [0.29, 0.717) is 5.92 Å². The van der Waals surface area contributed by atoms with Gasteiger partial charge in [-0.2, -0.15) is 0 Å². The van der Waals surface area contributed by atoms with E-state index in [1.807, 2.05) is 6.92 Å². The first-order chi connectivity index (χ1) is 9.06. The lowest BCUT2D eigenvalue weighted by Crippen LogP contribution is -2.48. The molecule has 2 rings (SSSR count). The molecule has 2 atom stereocenters. The van der Waals surface area contributed by atoms with Crippen LogP contribution in [-0.2, 0) is 4.79 Å². The van der Waals surface area contributed by atoms with E-state index in [-0.39, 0.29) is 6.04 Å². The van der Waals surface area contributed by atoms with Crippen molar-refractivity contribution in [1.82, 2.24) is 9.80 Å². The number of hydrogen-bond acceptors (Lipinski definition) is 3. The summed E-state index contributed by atoms with van der Waals surface area (Å²) in [7, 11) is 0. The lowest BCUT2D eigenvalue weighted by Gasteiger charge is -2.39. The van der Waals surface area contributed by atoms with Gasteiger partial charge in [-0.15, -0.1) is 0 Å². The van der Waals surface area contributed by atoms with Gasteiger partial charge >= 0.3 is 5.97 Å². The molecule has 4 nitrogen and oxygen atoms in total. The standard InChI is InChI=1S/C15H28N2O2/c1-12-5-8-16(9-6-12)10-14-4-3-7-17(11-14)13(2)15(18)19/h12-14H,3-11H2,1-2H3,(H,18,19)/t13-,14-/m1/s1. The number of carboxylic acids is 1. The first-order valence-corrected chi connectivity index (χ1v) is 7.75. The monoisotopic (exact) mass is 268 g/mol. The summed E-state index contributed by atoms with van der Waals surface area (Å²) in [5.41, 5.74) is 0. The Bertz CT molecular complexity index is 301. The van der Waals surface area contributed by atoms with Gasteiger partial charge in [0.05, 0.1) is 0 Å². The molecule has 110 valence electrons. The maximum atomic E-state index is 11.1. The zero-order valence-electron chi connectivity index (χ0n) is 12.3. The summed E-state index contributed by atoms with van der Waals surface area (Å²) in [6, 6.07) is -0.329. The van der Waals surface area contributed by atoms with Crippen molar-refractivity contribution in [1.29, 1.82) is 0 Å². The molecule has 0 radical (unpaired) electrons. The van der Waals surface area contributed by atoms with Crippen LogP contribution in [0.1, 0.15) is 39.5 Å². The number of carbonyl (C=O) groups is 1. The summed E-state index contributed by atoms with van der Waals surface area (Å²) >= 11 is 0. The molecule has 4 heteroatoms. The van der Waals surface area contributed by atoms with Crippen molar-refractivity contribution in [3.63, 3.8) is 0 Å². The number of likely N-dealkylation sites (tertiary alicyclic amines) is 2. The highest BCUT2D eigenvalue weighted by Crippen LogP contribution is 2.22. The van der Waals surface area contributed by atoms with Crippen molar-refractivity contribution < 1.29 is 9.90 Å². The number of aliphatic carboxylic acids is 1.